The van der Waals surface area contributed by atoms with E-state index in [-0.39, 0.29) is 47.0 Å². The summed E-state index contributed by atoms with van der Waals surface area (Å²) in [6.45, 7) is 15.1. The summed E-state index contributed by atoms with van der Waals surface area (Å²) in [6, 6.07) is 0. The van der Waals surface area contributed by atoms with E-state index in [0.29, 0.717) is 48.1 Å². The zero-order valence-corrected chi connectivity index (χ0v) is 33.8. The van der Waals surface area contributed by atoms with E-state index in [2.05, 4.69) is 106 Å². The van der Waals surface area contributed by atoms with Crippen molar-refractivity contribution in [1.29, 1.82) is 0 Å². The van der Waals surface area contributed by atoms with Crippen LogP contribution in [0.2, 0.25) is 18.1 Å². The number of aliphatic hydroxyl groups is 2. The number of rotatable bonds is 9. The number of halogens is 2. The number of anilines is 2. The Morgan fingerprint density at radius 1 is 1.00 bits per heavy atom. The molecule has 4 aromatic heterocycles. The number of aromatic nitrogens is 6. The van der Waals surface area contributed by atoms with Crippen molar-refractivity contribution in [2.45, 2.75) is 88.6 Å². The molecule has 4 aromatic rings. The quantitative estimate of drug-likeness (QED) is 0.0807. The molecule has 6 atom stereocenters. The largest absolute Gasteiger partial charge is 0.414 e. The number of ether oxygens (including phenoxy) is 3. The summed E-state index contributed by atoms with van der Waals surface area (Å²) in [6.07, 6.45) is 3.63. The number of nitrogens with two attached hydrogens (primary N) is 2. The van der Waals surface area contributed by atoms with E-state index in [1.807, 2.05) is 0 Å². The van der Waals surface area contributed by atoms with Gasteiger partial charge in [0.15, 0.2) is 19.6 Å². The van der Waals surface area contributed by atoms with Gasteiger partial charge in [-0.3, -0.25) is 19.6 Å². The van der Waals surface area contributed by atoms with Gasteiger partial charge in [-0.25, -0.2) is 0 Å². The second kappa shape index (κ2) is 15.3. The Hall–Kier alpha value is -2.38. The highest BCUT2D eigenvalue weighted by Crippen LogP contribution is 2.39. The second-order valence-electron chi connectivity index (χ2n) is 13.8. The molecule has 2 aliphatic rings. The fourth-order valence-electron chi connectivity index (χ4n) is 5.64. The summed E-state index contributed by atoms with van der Waals surface area (Å²) in [5.74, 6) is 0.106. The molecule has 50 heavy (non-hydrogen) atoms. The number of nitrogens with one attached hydrogen (secondary N) is 2. The summed E-state index contributed by atoms with van der Waals surface area (Å²) in [5, 5.41) is 21.0. The Labute approximate surface area is 316 Å². The van der Waals surface area contributed by atoms with E-state index in [1.54, 1.807) is 27.6 Å². The van der Waals surface area contributed by atoms with Gasteiger partial charge in [0.2, 0.25) is 11.9 Å². The average Bonchev–Trinajstić information content (AvgIpc) is 3.77. The van der Waals surface area contributed by atoms with Crippen molar-refractivity contribution in [2.75, 3.05) is 31.3 Å². The molecule has 0 amide bonds. The number of aliphatic hydroxyl groups excluding tert-OH is 2. The van der Waals surface area contributed by atoms with E-state index in [0.717, 1.165) is 7.14 Å². The van der Waals surface area contributed by atoms with Crippen LogP contribution >= 0.6 is 45.2 Å². The third-order valence-corrected chi connectivity index (χ3v) is 15.5. The van der Waals surface area contributed by atoms with Crippen molar-refractivity contribution in [3.8, 4) is 0 Å². The molecule has 19 heteroatoms. The SMILES string of the molecule is C=CCOC1CC(n2cc(I)c3c(=O)[nH]c(N)nc32)OC1CO.CC(C)(C)[Si](C)(C)OCC1OC(n2cc(I)c3c(=O)[nH]c(N)nc32)CC1O. The van der Waals surface area contributed by atoms with Crippen LogP contribution in [0.4, 0.5) is 11.9 Å². The first-order valence-electron chi connectivity index (χ1n) is 16.0. The summed E-state index contributed by atoms with van der Waals surface area (Å²) in [7, 11) is -1.93. The van der Waals surface area contributed by atoms with Crippen molar-refractivity contribution in [1.82, 2.24) is 29.1 Å². The molecule has 0 saturated carbocycles. The lowest BCUT2D eigenvalue weighted by Crippen LogP contribution is -2.43. The zero-order chi connectivity index (χ0) is 36.7. The molecule has 6 unspecified atom stereocenters. The minimum atomic E-state index is -1.93. The molecule has 0 spiro atoms. The molecule has 16 nitrogen and oxygen atoms in total. The molecule has 6 heterocycles. The number of fused-ring (bicyclic) bond motifs is 2. The van der Waals surface area contributed by atoms with E-state index in [9.17, 15) is 19.8 Å². The van der Waals surface area contributed by atoms with Gasteiger partial charge in [0.05, 0.1) is 42.8 Å². The average molecular weight is 939 g/mol. The van der Waals surface area contributed by atoms with Crippen LogP contribution in [0.25, 0.3) is 22.1 Å². The molecule has 0 aromatic carbocycles. The van der Waals surface area contributed by atoms with Crippen LogP contribution < -0.4 is 22.6 Å². The van der Waals surface area contributed by atoms with Gasteiger partial charge in [-0.2, -0.15) is 9.97 Å². The third-order valence-electron chi connectivity index (χ3n) is 9.34. The topological polar surface area (TPSA) is 231 Å². The number of hydrogen-bond acceptors (Lipinski definition) is 12. The van der Waals surface area contributed by atoms with Crippen LogP contribution in [0.3, 0.4) is 0 Å². The van der Waals surface area contributed by atoms with Crippen molar-refractivity contribution >= 4 is 87.5 Å². The Balaban J connectivity index is 0.000000197. The Morgan fingerprint density at radius 2 is 1.50 bits per heavy atom. The van der Waals surface area contributed by atoms with Crippen LogP contribution in [0.5, 0.6) is 0 Å². The maximum absolute atomic E-state index is 12.2. The number of hydrogen-bond donors (Lipinski definition) is 6. The molecule has 2 saturated heterocycles. The molecule has 274 valence electrons. The summed E-state index contributed by atoms with van der Waals surface area (Å²) in [4.78, 5) is 37.7. The van der Waals surface area contributed by atoms with Gasteiger partial charge < -0.3 is 49.5 Å². The molecule has 2 fully saturated rings. The molecule has 0 bridgehead atoms. The zero-order valence-electron chi connectivity index (χ0n) is 28.5. The summed E-state index contributed by atoms with van der Waals surface area (Å²) >= 11 is 4.16. The lowest BCUT2D eigenvalue weighted by Gasteiger charge is -2.37. The summed E-state index contributed by atoms with van der Waals surface area (Å²) in [5.41, 5.74) is 11.7. The second-order valence-corrected chi connectivity index (χ2v) is 20.9. The van der Waals surface area contributed by atoms with Gasteiger partial charge in [0.1, 0.15) is 24.7 Å². The molecule has 2 aliphatic heterocycles. The molecule has 6 rings (SSSR count). The van der Waals surface area contributed by atoms with E-state index in [1.165, 1.54) is 0 Å². The molecular formula is C31H44I2N8O8Si. The first kappa shape index (κ1) is 38.8. The predicted molar refractivity (Wildman–Crippen MR) is 208 cm³/mol. The van der Waals surface area contributed by atoms with Crippen LogP contribution in [-0.4, -0.2) is 91.8 Å². The van der Waals surface area contributed by atoms with Crippen molar-refractivity contribution < 1.29 is 28.8 Å². The Kier molecular flexibility index (Phi) is 11.9. The number of H-pyrrole nitrogens is 2. The van der Waals surface area contributed by atoms with E-state index >= 15 is 0 Å². The van der Waals surface area contributed by atoms with Crippen LogP contribution in [-0.2, 0) is 18.6 Å². The molecular weight excluding hydrogens is 894 g/mol. The molecule has 0 aliphatic carbocycles. The molecule has 8 N–H and O–H groups in total. The monoisotopic (exact) mass is 938 g/mol. The molecule has 0 radical (unpaired) electrons. The van der Waals surface area contributed by atoms with E-state index < -0.39 is 32.9 Å². The van der Waals surface area contributed by atoms with Gasteiger partial charge in [0, 0.05) is 32.4 Å². The first-order chi connectivity index (χ1) is 23.4. The van der Waals surface area contributed by atoms with Gasteiger partial charge in [-0.1, -0.05) is 26.8 Å². The smallest absolute Gasteiger partial charge is 0.262 e. The fourth-order valence-corrected chi connectivity index (χ4v) is 8.23. The van der Waals surface area contributed by atoms with Gasteiger partial charge >= 0.3 is 0 Å². The number of aromatic amines is 2. The van der Waals surface area contributed by atoms with Crippen LogP contribution in [0.15, 0.2) is 34.6 Å². The van der Waals surface area contributed by atoms with Gasteiger partial charge in [-0.15, -0.1) is 6.58 Å². The first-order valence-corrected chi connectivity index (χ1v) is 21.1. The van der Waals surface area contributed by atoms with Crippen molar-refractivity contribution in [3.63, 3.8) is 0 Å². The summed E-state index contributed by atoms with van der Waals surface area (Å²) < 4.78 is 28.9. The highest BCUT2D eigenvalue weighted by Gasteiger charge is 2.42. The fraction of sp³-hybridized carbons (Fsp3) is 0.548. The van der Waals surface area contributed by atoms with Crippen molar-refractivity contribution in [2.24, 2.45) is 0 Å². The van der Waals surface area contributed by atoms with Crippen molar-refractivity contribution in [3.05, 3.63) is 52.9 Å². The highest BCUT2D eigenvalue weighted by atomic mass is 127. The minimum absolute atomic E-state index is 0.0504. The van der Waals surface area contributed by atoms with Gasteiger partial charge in [-0.05, 0) is 63.3 Å². The Bertz CT molecular complexity index is 1970. The number of nitrogens with zero attached hydrogens (tertiary/aromatic N) is 4. The highest BCUT2D eigenvalue weighted by molar-refractivity contribution is 14.1. The van der Waals surface area contributed by atoms with Gasteiger partial charge in [0.25, 0.3) is 11.1 Å². The Morgan fingerprint density at radius 3 is 1.98 bits per heavy atom. The van der Waals surface area contributed by atoms with Crippen LogP contribution in [0, 0.1) is 7.14 Å². The lowest BCUT2D eigenvalue weighted by molar-refractivity contribution is -0.0560. The van der Waals surface area contributed by atoms with E-state index in [4.69, 9.17) is 30.1 Å². The number of nitrogen functional groups attached to an aromatic ring is 2. The maximum atomic E-state index is 12.2. The van der Waals surface area contributed by atoms with Crippen LogP contribution in [0.1, 0.15) is 46.1 Å². The third kappa shape index (κ3) is 7.99. The minimum Gasteiger partial charge on any atom is -0.414 e. The normalized spacial score (nSPS) is 24.2. The lowest BCUT2D eigenvalue weighted by atomic mass is 10.2. The predicted octanol–water partition coefficient (Wildman–Crippen LogP) is 3.34. The standard InChI is InChI=1S/C17H27IN4O4Si.C14H17IN4O4/c1-17(2,3)27(4,5)25-8-11-10(23)6-12(26-11)22-7-9(18)13-14(22)20-16(19)21-15(13)24;1-2-3-22-8-4-10(23-9(8)6-20)19-5-7(15)11-12(19)17-14(16)18-13(11)21/h7,10-12,23H,6,8H2,1-5H3,(H3,19,20,21,24);2,5,8-10,20H,1,3-4,6H2,(H3,16,17,18,21). The maximum Gasteiger partial charge on any atom is 0.262 e.